The summed E-state index contributed by atoms with van der Waals surface area (Å²) in [5.41, 5.74) is 1.80. The molecule has 0 spiro atoms. The lowest BCUT2D eigenvalue weighted by atomic mass is 10.0. The van der Waals surface area contributed by atoms with Gasteiger partial charge in [-0.15, -0.1) is 11.3 Å². The van der Waals surface area contributed by atoms with Gasteiger partial charge in [-0.3, -0.25) is 14.5 Å². The third-order valence-corrected chi connectivity index (χ3v) is 9.59. The number of benzene rings is 2. The van der Waals surface area contributed by atoms with Gasteiger partial charge in [0.1, 0.15) is 9.96 Å². The van der Waals surface area contributed by atoms with Crippen LogP contribution in [0, 0.1) is 6.92 Å². The molecule has 2 atom stereocenters. The summed E-state index contributed by atoms with van der Waals surface area (Å²) in [4.78, 5) is 40.2. The van der Waals surface area contributed by atoms with E-state index in [1.165, 1.54) is 13.2 Å². The van der Waals surface area contributed by atoms with Crippen LogP contribution in [0.2, 0.25) is 0 Å². The lowest BCUT2D eigenvalue weighted by Crippen LogP contribution is -2.64. The molecule has 13 heteroatoms. The highest BCUT2D eigenvalue weighted by Gasteiger charge is 2.45. The topological polar surface area (TPSA) is 145 Å². The second kappa shape index (κ2) is 12.5. The Kier molecular flexibility index (Phi) is 9.07. The molecule has 2 aromatic carbocycles. The number of rotatable bonds is 9. The Balaban J connectivity index is 1.70. The number of aryl methyl sites for hydroxylation is 1. The fourth-order valence-electron chi connectivity index (χ4n) is 4.52. The summed E-state index contributed by atoms with van der Waals surface area (Å²) < 4.78 is 33.5. The first-order chi connectivity index (χ1) is 19.1. The van der Waals surface area contributed by atoms with E-state index in [1.807, 2.05) is 13.0 Å². The average molecular weight is 587 g/mol. The Morgan fingerprint density at radius 3 is 2.55 bits per heavy atom. The molecule has 11 nitrogen and oxygen atoms in total. The molecule has 3 N–H and O–H groups in total. The van der Waals surface area contributed by atoms with Crippen LogP contribution in [0.15, 0.2) is 70.3 Å². The molecule has 40 heavy (non-hydrogen) atoms. The fourth-order valence-corrected chi connectivity index (χ4v) is 7.23. The summed E-state index contributed by atoms with van der Waals surface area (Å²) in [7, 11) is -2.67. The minimum absolute atomic E-state index is 0.00466. The zero-order valence-electron chi connectivity index (χ0n) is 21.9. The largest absolute Gasteiger partial charge is 0.497 e. The van der Waals surface area contributed by atoms with Crippen LogP contribution >= 0.6 is 11.3 Å². The van der Waals surface area contributed by atoms with Crippen molar-refractivity contribution in [2.75, 3.05) is 25.5 Å². The van der Waals surface area contributed by atoms with Gasteiger partial charge in [0.2, 0.25) is 0 Å². The number of nitrogens with zero attached hydrogens (tertiary/aromatic N) is 2. The Morgan fingerprint density at radius 1 is 1.10 bits per heavy atom. The SMILES string of the molecule is COc1cccc(NC(=O)N2CCCN(S(=O)(=O)c3cccs3)C2C(=O)NC(CC(=O)O)c2cccc(C)c2)c1. The van der Waals surface area contributed by atoms with Crippen molar-refractivity contribution >= 4 is 45.0 Å². The van der Waals surface area contributed by atoms with Crippen LogP contribution < -0.4 is 15.4 Å². The molecule has 3 aromatic rings. The Labute approximate surface area is 236 Å². The number of methoxy groups -OCH3 is 1. The smallest absolute Gasteiger partial charge is 0.323 e. The summed E-state index contributed by atoms with van der Waals surface area (Å²) >= 11 is 1.00. The molecule has 3 amide bonds. The fraction of sp³-hybridized carbons (Fsp3) is 0.296. The van der Waals surface area contributed by atoms with E-state index >= 15 is 0 Å². The number of aliphatic carboxylic acids is 1. The van der Waals surface area contributed by atoms with E-state index in [-0.39, 0.29) is 23.7 Å². The van der Waals surface area contributed by atoms with Crippen molar-refractivity contribution in [3.8, 4) is 5.75 Å². The molecule has 4 rings (SSSR count). The van der Waals surface area contributed by atoms with Crippen molar-refractivity contribution in [2.45, 2.75) is 36.2 Å². The van der Waals surface area contributed by atoms with E-state index in [1.54, 1.807) is 53.9 Å². The van der Waals surface area contributed by atoms with Crippen molar-refractivity contribution in [1.82, 2.24) is 14.5 Å². The molecule has 0 saturated carbocycles. The van der Waals surface area contributed by atoms with E-state index in [0.29, 0.717) is 17.0 Å². The molecule has 0 aliphatic carbocycles. The Bertz CT molecular complexity index is 1480. The molecule has 1 aromatic heterocycles. The molecule has 0 radical (unpaired) electrons. The highest BCUT2D eigenvalue weighted by atomic mass is 32.2. The van der Waals surface area contributed by atoms with Crippen LogP contribution in [0.5, 0.6) is 5.75 Å². The number of nitrogens with one attached hydrogen (secondary N) is 2. The van der Waals surface area contributed by atoms with Crippen LogP contribution in [-0.4, -0.2) is 67.0 Å². The van der Waals surface area contributed by atoms with Crippen LogP contribution in [0.25, 0.3) is 0 Å². The Hall–Kier alpha value is -3.94. The first-order valence-corrected chi connectivity index (χ1v) is 14.8. The molecule has 1 aliphatic heterocycles. The van der Waals surface area contributed by atoms with Crippen LogP contribution in [0.1, 0.15) is 30.0 Å². The molecule has 2 heterocycles. The molecule has 0 bridgehead atoms. The quantitative estimate of drug-likeness (QED) is 0.347. The number of hydrogen-bond donors (Lipinski definition) is 3. The van der Waals surface area contributed by atoms with Crippen LogP contribution in [-0.2, 0) is 19.6 Å². The number of ether oxygens (including phenoxy) is 1. The minimum atomic E-state index is -4.16. The molecule has 1 saturated heterocycles. The zero-order valence-corrected chi connectivity index (χ0v) is 23.6. The van der Waals surface area contributed by atoms with Crippen LogP contribution in [0.3, 0.4) is 0 Å². The van der Waals surface area contributed by atoms with E-state index in [9.17, 15) is 27.9 Å². The van der Waals surface area contributed by atoms with Gasteiger partial charge in [0.05, 0.1) is 19.6 Å². The standard InChI is InChI=1S/C27H30N4O7S2/c1-18-7-3-8-19(15-18)22(17-23(32)33)29-25(34)26-30(27(35)28-20-9-4-10-21(16-20)38-2)12-6-13-31(26)40(36,37)24-11-5-14-39-24/h3-5,7-11,14-16,22,26H,6,12-13,17H2,1-2H3,(H,28,35)(H,29,34)(H,32,33). The number of carbonyl (C=O) groups excluding carboxylic acids is 2. The number of urea groups is 1. The van der Waals surface area contributed by atoms with E-state index in [0.717, 1.165) is 26.1 Å². The molecular weight excluding hydrogens is 556 g/mol. The molecule has 1 fully saturated rings. The lowest BCUT2D eigenvalue weighted by molar-refractivity contribution is -0.138. The monoisotopic (exact) mass is 586 g/mol. The first-order valence-electron chi connectivity index (χ1n) is 12.5. The normalized spacial score (nSPS) is 16.6. The van der Waals surface area contributed by atoms with Gasteiger partial charge in [-0.05, 0) is 42.5 Å². The number of carboxylic acid groups (broad SMARTS) is 1. The number of carbonyl (C=O) groups is 3. The van der Waals surface area contributed by atoms with Crippen molar-refractivity contribution in [3.63, 3.8) is 0 Å². The molecule has 2 unspecified atom stereocenters. The maximum Gasteiger partial charge on any atom is 0.323 e. The van der Waals surface area contributed by atoms with Gasteiger partial charge in [-0.1, -0.05) is 42.0 Å². The average Bonchev–Trinajstić information content (AvgIpc) is 3.48. The summed E-state index contributed by atoms with van der Waals surface area (Å²) in [6.07, 6.45) is -1.71. The summed E-state index contributed by atoms with van der Waals surface area (Å²) in [6, 6.07) is 15.0. The highest BCUT2D eigenvalue weighted by molar-refractivity contribution is 7.91. The number of carboxylic acids is 1. The summed E-state index contributed by atoms with van der Waals surface area (Å²) in [6.45, 7) is 1.93. The number of anilines is 1. The van der Waals surface area contributed by atoms with Crippen molar-refractivity contribution < 1.29 is 32.6 Å². The summed E-state index contributed by atoms with van der Waals surface area (Å²) in [5, 5.41) is 16.6. The number of thiophene rings is 1. The highest BCUT2D eigenvalue weighted by Crippen LogP contribution is 2.29. The van der Waals surface area contributed by atoms with Gasteiger partial charge in [-0.2, -0.15) is 4.31 Å². The third-order valence-electron chi connectivity index (χ3n) is 6.36. The van der Waals surface area contributed by atoms with Gasteiger partial charge in [0.15, 0.2) is 6.17 Å². The maximum atomic E-state index is 13.9. The second-order valence-electron chi connectivity index (χ2n) is 9.20. The minimum Gasteiger partial charge on any atom is -0.497 e. The maximum absolute atomic E-state index is 13.9. The molecule has 1 aliphatic rings. The van der Waals surface area contributed by atoms with E-state index < -0.39 is 46.6 Å². The number of hydrogen-bond acceptors (Lipinski definition) is 7. The van der Waals surface area contributed by atoms with Crippen molar-refractivity contribution in [2.24, 2.45) is 0 Å². The van der Waals surface area contributed by atoms with Gasteiger partial charge in [0.25, 0.3) is 15.9 Å². The Morgan fingerprint density at radius 2 is 1.88 bits per heavy atom. The van der Waals surface area contributed by atoms with Crippen molar-refractivity contribution in [3.05, 3.63) is 77.2 Å². The van der Waals surface area contributed by atoms with Crippen molar-refractivity contribution in [1.29, 1.82) is 0 Å². The van der Waals surface area contributed by atoms with Crippen LogP contribution in [0.4, 0.5) is 10.5 Å². The number of sulfonamides is 1. The van der Waals surface area contributed by atoms with E-state index in [4.69, 9.17) is 4.74 Å². The summed E-state index contributed by atoms with van der Waals surface area (Å²) in [5.74, 6) is -1.46. The predicted molar refractivity (Wildman–Crippen MR) is 150 cm³/mol. The molecule has 212 valence electrons. The van der Waals surface area contributed by atoms with Gasteiger partial charge < -0.3 is 20.5 Å². The zero-order chi connectivity index (χ0) is 28.9. The van der Waals surface area contributed by atoms with Gasteiger partial charge in [0, 0.05) is 24.8 Å². The first kappa shape index (κ1) is 29.1. The number of amides is 3. The second-order valence-corrected chi connectivity index (χ2v) is 12.3. The predicted octanol–water partition coefficient (Wildman–Crippen LogP) is 3.65. The third kappa shape index (κ3) is 6.61. The van der Waals surface area contributed by atoms with Gasteiger partial charge in [-0.25, -0.2) is 13.2 Å². The molecular formula is C27H30N4O7S2. The van der Waals surface area contributed by atoms with Gasteiger partial charge >= 0.3 is 12.0 Å². The lowest BCUT2D eigenvalue weighted by Gasteiger charge is -2.41. The van der Waals surface area contributed by atoms with E-state index in [2.05, 4.69) is 10.6 Å².